The number of rotatable bonds is 2. The first-order valence-electron chi connectivity index (χ1n) is 9.04. The highest BCUT2D eigenvalue weighted by atomic mass is 35.5. The van der Waals surface area contributed by atoms with Gasteiger partial charge in [-0.05, 0) is 29.9 Å². The average Bonchev–Trinajstić information content (AvgIpc) is 2.60. The Kier molecular flexibility index (Phi) is 5.07. The molecule has 2 aromatic heterocycles. The average molecular weight is 395 g/mol. The Hall–Kier alpha value is -1.38. The highest BCUT2D eigenvalue weighted by Gasteiger charge is 2.28. The summed E-state index contributed by atoms with van der Waals surface area (Å²) in [7, 11) is 0. The zero-order valence-electron chi connectivity index (χ0n) is 15.1. The summed E-state index contributed by atoms with van der Waals surface area (Å²) in [6.07, 6.45) is 2.82. The van der Waals surface area contributed by atoms with Crippen LogP contribution in [0.15, 0.2) is 6.33 Å². The van der Waals surface area contributed by atoms with Crippen LogP contribution in [-0.4, -0.2) is 62.2 Å². The van der Waals surface area contributed by atoms with Crippen LogP contribution in [0.2, 0.25) is 5.28 Å². The van der Waals surface area contributed by atoms with Gasteiger partial charge in [-0.2, -0.15) is 4.98 Å². The molecule has 7 nitrogen and oxygen atoms in total. The van der Waals surface area contributed by atoms with Gasteiger partial charge >= 0.3 is 0 Å². The van der Waals surface area contributed by atoms with Gasteiger partial charge in [-0.15, -0.1) is 0 Å². The molecule has 2 aromatic rings. The fraction of sp³-hybridized carbons (Fsp3) is 0.647. The van der Waals surface area contributed by atoms with E-state index in [1.54, 1.807) is 6.33 Å². The Morgan fingerprint density at radius 1 is 1.00 bits per heavy atom. The molecule has 2 aliphatic rings. The number of hydrogen-bond acceptors (Lipinski definition) is 7. The van der Waals surface area contributed by atoms with Crippen molar-refractivity contribution in [3.05, 3.63) is 11.6 Å². The molecule has 9 heteroatoms. The Balaban J connectivity index is 1.76. The van der Waals surface area contributed by atoms with Gasteiger partial charge in [0.05, 0.1) is 13.1 Å². The predicted octanol–water partition coefficient (Wildman–Crippen LogP) is 2.12. The molecule has 0 N–H and O–H groups in total. The van der Waals surface area contributed by atoms with Gasteiger partial charge in [-0.25, -0.2) is 15.0 Å². The molecule has 0 radical (unpaired) electrons. The number of halogens is 1. The fourth-order valence-electron chi connectivity index (χ4n) is 4.03. The van der Waals surface area contributed by atoms with E-state index in [1.807, 2.05) is 0 Å². The van der Waals surface area contributed by atoms with Crippen LogP contribution in [0, 0.1) is 11.8 Å². The van der Waals surface area contributed by atoms with E-state index in [4.69, 9.17) is 11.6 Å². The molecule has 4 rings (SSSR count). The molecule has 140 valence electrons. The smallest absolute Gasteiger partial charge is 0.225 e. The molecule has 26 heavy (non-hydrogen) atoms. The van der Waals surface area contributed by atoms with E-state index in [0.29, 0.717) is 41.9 Å². The van der Waals surface area contributed by atoms with Crippen molar-refractivity contribution in [2.45, 2.75) is 20.3 Å². The summed E-state index contributed by atoms with van der Waals surface area (Å²) in [6.45, 7) is 7.82. The van der Waals surface area contributed by atoms with Crippen LogP contribution in [0.3, 0.4) is 0 Å². The second-order valence-corrected chi connectivity index (χ2v) is 9.43. The van der Waals surface area contributed by atoms with E-state index in [0.717, 1.165) is 30.2 Å². The third-order valence-electron chi connectivity index (χ3n) is 5.06. The number of fused-ring (bicyclic) bond motifs is 1. The molecular formula is C17H23ClN6OS. The third kappa shape index (κ3) is 3.54. The van der Waals surface area contributed by atoms with Crippen LogP contribution in [0.5, 0.6) is 0 Å². The zero-order chi connectivity index (χ0) is 18.3. The van der Waals surface area contributed by atoms with Gasteiger partial charge < -0.3 is 14.4 Å². The predicted molar refractivity (Wildman–Crippen MR) is 105 cm³/mol. The second-order valence-electron chi connectivity index (χ2n) is 7.40. The molecular weight excluding hydrogens is 372 g/mol. The van der Waals surface area contributed by atoms with Gasteiger partial charge in [-0.3, -0.25) is 0 Å². The maximum absolute atomic E-state index is 11.7. The van der Waals surface area contributed by atoms with Crippen molar-refractivity contribution in [1.82, 2.24) is 19.9 Å². The fourth-order valence-corrected chi connectivity index (χ4v) is 5.25. The standard InChI is InChI=1S/C17H23ClN6OS/c1-11-7-12(2)9-24(8-11)15-14-13(19-10-20-15)16(22-17(18)21-14)23-3-5-26(25)6-4-23/h10-12H,3-9H2,1-2H3. The van der Waals surface area contributed by atoms with Crippen molar-refractivity contribution >= 4 is 45.4 Å². The lowest BCUT2D eigenvalue weighted by atomic mass is 9.92. The lowest BCUT2D eigenvalue weighted by Gasteiger charge is -2.36. The van der Waals surface area contributed by atoms with E-state index in [-0.39, 0.29) is 5.28 Å². The number of anilines is 2. The van der Waals surface area contributed by atoms with Crippen molar-refractivity contribution in [2.75, 3.05) is 47.5 Å². The number of nitrogens with zero attached hydrogens (tertiary/aromatic N) is 6. The molecule has 2 aliphatic heterocycles. The van der Waals surface area contributed by atoms with Crippen molar-refractivity contribution < 1.29 is 4.55 Å². The Morgan fingerprint density at radius 2 is 1.69 bits per heavy atom. The monoisotopic (exact) mass is 394 g/mol. The third-order valence-corrected chi connectivity index (χ3v) is 6.51. The van der Waals surface area contributed by atoms with E-state index in [1.165, 1.54) is 6.42 Å². The lowest BCUT2D eigenvalue weighted by molar-refractivity contribution is 0.355. The van der Waals surface area contributed by atoms with Gasteiger partial charge in [0.2, 0.25) is 5.28 Å². The minimum absolute atomic E-state index is 0.202. The SMILES string of the molecule is CC1CC(C)CN(c2ncnc3c(N4CC[S+]([O-])CC4)nc(Cl)nc23)C1. The normalized spacial score (nSPS) is 25.1. The van der Waals surface area contributed by atoms with Crippen molar-refractivity contribution in [1.29, 1.82) is 0 Å². The van der Waals surface area contributed by atoms with Gasteiger partial charge in [0.1, 0.15) is 28.9 Å². The maximum Gasteiger partial charge on any atom is 0.225 e. The topological polar surface area (TPSA) is 81.1 Å². The molecule has 0 amide bonds. The summed E-state index contributed by atoms with van der Waals surface area (Å²) in [4.78, 5) is 22.3. The van der Waals surface area contributed by atoms with Crippen LogP contribution >= 0.6 is 11.6 Å². The summed E-state index contributed by atoms with van der Waals surface area (Å²) in [5.41, 5.74) is 1.42. The van der Waals surface area contributed by atoms with Crippen LogP contribution in [-0.2, 0) is 11.2 Å². The zero-order valence-corrected chi connectivity index (χ0v) is 16.6. The van der Waals surface area contributed by atoms with E-state index in [9.17, 15) is 4.55 Å². The highest BCUT2D eigenvalue weighted by molar-refractivity contribution is 7.91. The number of aromatic nitrogens is 4. The Bertz CT molecular complexity index is 790. The lowest BCUT2D eigenvalue weighted by Crippen LogP contribution is -2.41. The summed E-state index contributed by atoms with van der Waals surface area (Å²) >= 11 is 5.51. The van der Waals surface area contributed by atoms with Gasteiger partial charge in [-0.1, -0.05) is 25.0 Å². The van der Waals surface area contributed by atoms with Gasteiger partial charge in [0.25, 0.3) is 0 Å². The summed E-state index contributed by atoms with van der Waals surface area (Å²) < 4.78 is 11.7. The molecule has 0 aromatic carbocycles. The van der Waals surface area contributed by atoms with Crippen LogP contribution in [0.1, 0.15) is 20.3 Å². The second kappa shape index (κ2) is 7.32. The first kappa shape index (κ1) is 18.0. The van der Waals surface area contributed by atoms with Crippen LogP contribution in [0.4, 0.5) is 11.6 Å². The first-order chi connectivity index (χ1) is 12.5. The van der Waals surface area contributed by atoms with Gasteiger partial charge in [0.15, 0.2) is 11.6 Å². The molecule has 2 saturated heterocycles. The molecule has 0 aliphatic carbocycles. The van der Waals surface area contributed by atoms with E-state index < -0.39 is 11.2 Å². The number of hydrogen-bond donors (Lipinski definition) is 0. The summed E-state index contributed by atoms with van der Waals surface area (Å²) in [5.74, 6) is 4.05. The summed E-state index contributed by atoms with van der Waals surface area (Å²) in [5, 5.41) is 0.202. The van der Waals surface area contributed by atoms with Crippen molar-refractivity contribution in [3.63, 3.8) is 0 Å². The van der Waals surface area contributed by atoms with Crippen LogP contribution < -0.4 is 9.80 Å². The molecule has 0 spiro atoms. The Morgan fingerprint density at radius 3 is 2.38 bits per heavy atom. The molecule has 2 unspecified atom stereocenters. The summed E-state index contributed by atoms with van der Waals surface area (Å²) in [6, 6.07) is 0. The minimum atomic E-state index is -0.749. The Labute approximate surface area is 161 Å². The molecule has 2 fully saturated rings. The first-order valence-corrected chi connectivity index (χ1v) is 10.9. The minimum Gasteiger partial charge on any atom is -0.616 e. The molecule has 0 bridgehead atoms. The molecule has 4 heterocycles. The van der Waals surface area contributed by atoms with Gasteiger partial charge in [0, 0.05) is 13.1 Å². The van der Waals surface area contributed by atoms with Crippen LogP contribution in [0.25, 0.3) is 11.0 Å². The van der Waals surface area contributed by atoms with Crippen molar-refractivity contribution in [3.8, 4) is 0 Å². The van der Waals surface area contributed by atoms with E-state index >= 15 is 0 Å². The quantitative estimate of drug-likeness (QED) is 0.570. The molecule has 2 atom stereocenters. The maximum atomic E-state index is 11.7. The van der Waals surface area contributed by atoms with Crippen molar-refractivity contribution in [2.24, 2.45) is 11.8 Å². The largest absolute Gasteiger partial charge is 0.616 e. The number of piperidine rings is 1. The molecule has 0 saturated carbocycles. The van der Waals surface area contributed by atoms with E-state index in [2.05, 4.69) is 43.6 Å². The highest BCUT2D eigenvalue weighted by Crippen LogP contribution is 2.32.